The number of carbonyl (C=O) groups is 1. The highest BCUT2D eigenvalue weighted by molar-refractivity contribution is 7.93. The summed E-state index contributed by atoms with van der Waals surface area (Å²) < 4.78 is 37.7. The lowest BCUT2D eigenvalue weighted by molar-refractivity contribution is -0.116. The molecule has 8 nitrogen and oxygen atoms in total. The number of aryl methyl sites for hydroxylation is 1. The summed E-state index contributed by atoms with van der Waals surface area (Å²) in [6, 6.07) is 11.0. The Morgan fingerprint density at radius 1 is 1.13 bits per heavy atom. The number of methoxy groups -OCH3 is 2. The van der Waals surface area contributed by atoms with Crippen LogP contribution in [-0.4, -0.2) is 33.5 Å². The summed E-state index contributed by atoms with van der Waals surface area (Å²) in [6.07, 6.45) is 0.500. The molecule has 0 spiro atoms. The third-order valence-corrected chi connectivity index (χ3v) is 6.71. The van der Waals surface area contributed by atoms with E-state index in [0.29, 0.717) is 34.3 Å². The molecule has 11 heteroatoms. The van der Waals surface area contributed by atoms with E-state index in [9.17, 15) is 13.2 Å². The van der Waals surface area contributed by atoms with Gasteiger partial charge in [-0.05, 0) is 48.9 Å². The summed E-state index contributed by atoms with van der Waals surface area (Å²) >= 11 is 7.11. The number of sulfonamides is 1. The Hall–Kier alpha value is -2.82. The van der Waals surface area contributed by atoms with Crippen LogP contribution in [0.5, 0.6) is 11.5 Å². The van der Waals surface area contributed by atoms with Crippen LogP contribution in [0.15, 0.2) is 52.7 Å². The zero-order chi connectivity index (χ0) is 22.4. The first-order valence-electron chi connectivity index (χ1n) is 9.05. The first-order chi connectivity index (χ1) is 14.8. The van der Waals surface area contributed by atoms with Crippen LogP contribution in [0.3, 0.4) is 0 Å². The zero-order valence-electron chi connectivity index (χ0n) is 16.7. The molecule has 0 saturated carbocycles. The van der Waals surface area contributed by atoms with E-state index in [1.807, 2.05) is 0 Å². The van der Waals surface area contributed by atoms with Gasteiger partial charge in [0.05, 0.1) is 30.5 Å². The molecule has 1 amide bonds. The Labute approximate surface area is 189 Å². The van der Waals surface area contributed by atoms with Gasteiger partial charge >= 0.3 is 0 Å². The number of nitrogens with one attached hydrogen (secondary N) is 2. The van der Waals surface area contributed by atoms with Gasteiger partial charge in [0.1, 0.15) is 11.5 Å². The van der Waals surface area contributed by atoms with E-state index in [4.69, 9.17) is 21.1 Å². The zero-order valence-corrected chi connectivity index (χ0v) is 19.1. The van der Waals surface area contributed by atoms with Gasteiger partial charge in [-0.2, -0.15) is 0 Å². The molecule has 3 rings (SSSR count). The smallest absolute Gasteiger partial charge is 0.263 e. The molecule has 0 saturated heterocycles. The number of hydrogen-bond donors (Lipinski definition) is 2. The quantitative estimate of drug-likeness (QED) is 0.474. The van der Waals surface area contributed by atoms with Crippen LogP contribution >= 0.6 is 22.9 Å². The number of benzene rings is 2. The number of halogens is 1. The van der Waals surface area contributed by atoms with E-state index in [2.05, 4.69) is 15.0 Å². The van der Waals surface area contributed by atoms with Crippen molar-refractivity contribution in [2.75, 3.05) is 24.3 Å². The Balaban J connectivity index is 1.58. The summed E-state index contributed by atoms with van der Waals surface area (Å²) in [5.41, 5.74) is 1.08. The fraction of sp³-hybridized carbons (Fsp3) is 0.200. The third-order valence-electron chi connectivity index (χ3n) is 4.19. The van der Waals surface area contributed by atoms with Gasteiger partial charge in [0, 0.05) is 16.8 Å². The van der Waals surface area contributed by atoms with E-state index in [1.165, 1.54) is 26.4 Å². The molecule has 3 aromatic rings. The number of aromatic nitrogens is 1. The number of ether oxygens (including phenoxy) is 2. The van der Waals surface area contributed by atoms with E-state index in [1.54, 1.807) is 35.7 Å². The maximum Gasteiger partial charge on any atom is 0.263 e. The van der Waals surface area contributed by atoms with Crippen molar-refractivity contribution in [3.05, 3.63) is 58.6 Å². The molecule has 1 aromatic heterocycles. The number of nitrogens with zero attached hydrogens (tertiary/aromatic N) is 1. The summed E-state index contributed by atoms with van der Waals surface area (Å²) in [4.78, 5) is 16.6. The Bertz CT molecular complexity index is 1160. The predicted molar refractivity (Wildman–Crippen MR) is 121 cm³/mol. The molecule has 2 aromatic carbocycles. The summed E-state index contributed by atoms with van der Waals surface area (Å²) in [6.45, 7) is 0. The number of anilines is 2. The summed E-state index contributed by atoms with van der Waals surface area (Å²) in [5.74, 6) is 0.819. The van der Waals surface area contributed by atoms with E-state index in [-0.39, 0.29) is 22.4 Å². The lowest BCUT2D eigenvalue weighted by atomic mass is 10.2. The first-order valence-corrected chi connectivity index (χ1v) is 11.8. The number of carbonyl (C=O) groups excluding carboxylic acids is 1. The monoisotopic (exact) mass is 481 g/mol. The molecular formula is C20H20ClN3O5S2. The third kappa shape index (κ3) is 6.09. The minimum Gasteiger partial charge on any atom is -0.497 e. The molecule has 1 heterocycles. The SMILES string of the molecule is COc1ccc(S(=O)(=O)Nc2nc(CCC(=O)Nc3cc(Cl)ccc3OC)cs2)cc1. The predicted octanol–water partition coefficient (Wildman–Crippen LogP) is 4.19. The highest BCUT2D eigenvalue weighted by Gasteiger charge is 2.17. The van der Waals surface area contributed by atoms with Crippen LogP contribution in [0, 0.1) is 0 Å². The average Bonchev–Trinajstić information content (AvgIpc) is 3.19. The van der Waals surface area contributed by atoms with Crippen LogP contribution in [0.4, 0.5) is 10.8 Å². The Kier molecular flexibility index (Phi) is 7.37. The fourth-order valence-corrected chi connectivity index (χ4v) is 4.80. The van der Waals surface area contributed by atoms with Crippen molar-refractivity contribution in [3.63, 3.8) is 0 Å². The van der Waals surface area contributed by atoms with Crippen molar-refractivity contribution >= 4 is 49.7 Å². The second-order valence-corrected chi connectivity index (χ2v) is 9.29. The second-order valence-electron chi connectivity index (χ2n) is 6.32. The van der Waals surface area contributed by atoms with Gasteiger partial charge < -0.3 is 14.8 Å². The second kappa shape index (κ2) is 9.99. The maximum absolute atomic E-state index is 12.5. The van der Waals surface area contributed by atoms with Crippen molar-refractivity contribution < 1.29 is 22.7 Å². The molecule has 164 valence electrons. The van der Waals surface area contributed by atoms with Crippen LogP contribution in [0.25, 0.3) is 0 Å². The summed E-state index contributed by atoms with van der Waals surface area (Å²) in [7, 11) is -0.765. The minimum atomic E-state index is -3.77. The maximum atomic E-state index is 12.5. The Morgan fingerprint density at radius 3 is 2.55 bits per heavy atom. The van der Waals surface area contributed by atoms with Crippen molar-refractivity contribution in [1.29, 1.82) is 0 Å². The molecule has 31 heavy (non-hydrogen) atoms. The molecule has 2 N–H and O–H groups in total. The molecule has 0 bridgehead atoms. The van der Waals surface area contributed by atoms with E-state index in [0.717, 1.165) is 11.3 Å². The lowest BCUT2D eigenvalue weighted by Gasteiger charge is -2.10. The molecule has 0 radical (unpaired) electrons. The highest BCUT2D eigenvalue weighted by atomic mass is 35.5. The van der Waals surface area contributed by atoms with Crippen LogP contribution < -0.4 is 19.5 Å². The molecular weight excluding hydrogens is 462 g/mol. The van der Waals surface area contributed by atoms with Gasteiger partial charge in [-0.3, -0.25) is 9.52 Å². The topological polar surface area (TPSA) is 107 Å². The van der Waals surface area contributed by atoms with Gasteiger partial charge in [0.25, 0.3) is 10.0 Å². The highest BCUT2D eigenvalue weighted by Crippen LogP contribution is 2.28. The first kappa shape index (κ1) is 22.9. The van der Waals surface area contributed by atoms with Gasteiger partial charge in [0.2, 0.25) is 5.91 Å². The average molecular weight is 482 g/mol. The van der Waals surface area contributed by atoms with E-state index < -0.39 is 10.0 Å². The van der Waals surface area contributed by atoms with E-state index >= 15 is 0 Å². The molecule has 0 fully saturated rings. The molecule has 0 aliphatic rings. The van der Waals surface area contributed by atoms with Crippen LogP contribution in [-0.2, 0) is 21.2 Å². The van der Waals surface area contributed by atoms with Gasteiger partial charge in [-0.25, -0.2) is 13.4 Å². The number of hydrogen-bond acceptors (Lipinski definition) is 7. The normalized spacial score (nSPS) is 11.1. The van der Waals surface area contributed by atoms with Gasteiger partial charge in [-0.1, -0.05) is 11.6 Å². The molecule has 0 unspecified atom stereocenters. The number of amides is 1. The molecule has 0 aliphatic heterocycles. The summed E-state index contributed by atoms with van der Waals surface area (Å²) in [5, 5.41) is 5.16. The largest absolute Gasteiger partial charge is 0.497 e. The van der Waals surface area contributed by atoms with Gasteiger partial charge in [0.15, 0.2) is 5.13 Å². The number of thiazole rings is 1. The van der Waals surface area contributed by atoms with Crippen molar-refractivity contribution in [3.8, 4) is 11.5 Å². The van der Waals surface area contributed by atoms with Gasteiger partial charge in [-0.15, -0.1) is 11.3 Å². The lowest BCUT2D eigenvalue weighted by Crippen LogP contribution is -2.14. The van der Waals surface area contributed by atoms with Crippen molar-refractivity contribution in [1.82, 2.24) is 4.98 Å². The molecule has 0 aliphatic carbocycles. The van der Waals surface area contributed by atoms with Crippen molar-refractivity contribution in [2.45, 2.75) is 17.7 Å². The Morgan fingerprint density at radius 2 is 1.87 bits per heavy atom. The fourth-order valence-electron chi connectivity index (χ4n) is 2.63. The molecule has 0 atom stereocenters. The van der Waals surface area contributed by atoms with Crippen molar-refractivity contribution in [2.24, 2.45) is 0 Å². The minimum absolute atomic E-state index is 0.0971. The van der Waals surface area contributed by atoms with Crippen LogP contribution in [0.2, 0.25) is 5.02 Å². The number of rotatable bonds is 9. The van der Waals surface area contributed by atoms with Crippen LogP contribution in [0.1, 0.15) is 12.1 Å². The standard InChI is InChI=1S/C20H20ClN3O5S2/c1-28-15-5-7-16(8-6-15)31(26,27)24-20-22-14(12-30-20)4-10-19(25)23-17-11-13(21)3-9-18(17)29-2/h3,5-9,11-12H,4,10H2,1-2H3,(H,22,24)(H,23,25).